The van der Waals surface area contributed by atoms with E-state index < -0.39 is 6.61 Å². The van der Waals surface area contributed by atoms with Crippen LogP contribution in [0.1, 0.15) is 12.8 Å². The molecular formula is C14H19ClF2N2O. The molecule has 3 nitrogen and oxygen atoms in total. The van der Waals surface area contributed by atoms with E-state index in [4.69, 9.17) is 11.6 Å². The average molecular weight is 305 g/mol. The predicted octanol–water partition coefficient (Wildman–Crippen LogP) is 3.70. The smallest absolute Gasteiger partial charge is 0.387 e. The van der Waals surface area contributed by atoms with Gasteiger partial charge in [0, 0.05) is 18.8 Å². The lowest BCUT2D eigenvalue weighted by molar-refractivity contribution is -0.0497. The van der Waals surface area contributed by atoms with Gasteiger partial charge in [0.25, 0.3) is 0 Å². The molecule has 0 radical (unpaired) electrons. The Morgan fingerprint density at radius 1 is 1.50 bits per heavy atom. The number of nitrogens with one attached hydrogen (secondary N) is 1. The van der Waals surface area contributed by atoms with Crippen molar-refractivity contribution in [3.63, 3.8) is 0 Å². The van der Waals surface area contributed by atoms with Gasteiger partial charge in [-0.05, 0) is 50.6 Å². The van der Waals surface area contributed by atoms with Gasteiger partial charge in [-0.15, -0.1) is 0 Å². The highest BCUT2D eigenvalue weighted by molar-refractivity contribution is 6.32. The minimum atomic E-state index is -2.86. The number of ether oxygens (including phenoxy) is 1. The van der Waals surface area contributed by atoms with Crippen LogP contribution in [-0.2, 0) is 0 Å². The van der Waals surface area contributed by atoms with Gasteiger partial charge in [-0.1, -0.05) is 11.6 Å². The molecular weight excluding hydrogens is 286 g/mol. The van der Waals surface area contributed by atoms with Gasteiger partial charge in [-0.3, -0.25) is 0 Å². The molecule has 1 saturated heterocycles. The second kappa shape index (κ2) is 7.09. The summed E-state index contributed by atoms with van der Waals surface area (Å²) in [6, 6.07) is 4.78. The van der Waals surface area contributed by atoms with Gasteiger partial charge in [-0.25, -0.2) is 0 Å². The Balaban J connectivity index is 1.88. The van der Waals surface area contributed by atoms with E-state index in [0.29, 0.717) is 5.92 Å². The molecule has 112 valence electrons. The van der Waals surface area contributed by atoms with Crippen molar-refractivity contribution in [2.45, 2.75) is 19.5 Å². The number of alkyl halides is 2. The van der Waals surface area contributed by atoms with Crippen LogP contribution >= 0.6 is 11.6 Å². The Hall–Kier alpha value is -1.07. The zero-order valence-corrected chi connectivity index (χ0v) is 12.2. The van der Waals surface area contributed by atoms with Gasteiger partial charge >= 0.3 is 6.61 Å². The molecule has 0 amide bonds. The first-order chi connectivity index (χ1) is 9.54. The molecule has 1 unspecified atom stereocenters. The monoisotopic (exact) mass is 304 g/mol. The van der Waals surface area contributed by atoms with E-state index in [1.54, 1.807) is 12.1 Å². The zero-order valence-electron chi connectivity index (χ0n) is 11.4. The minimum Gasteiger partial charge on any atom is -0.433 e. The van der Waals surface area contributed by atoms with E-state index in [-0.39, 0.29) is 10.8 Å². The molecule has 1 heterocycles. The fourth-order valence-corrected chi connectivity index (χ4v) is 2.73. The average Bonchev–Trinajstić information content (AvgIpc) is 2.39. The standard InChI is InChI=1S/C14H19ClF2N2O/c1-19-6-2-3-10(9-19)8-18-11-4-5-13(12(15)7-11)20-14(16)17/h4-5,7,10,14,18H,2-3,6,8-9H2,1H3. The molecule has 1 aromatic rings. The quantitative estimate of drug-likeness (QED) is 0.898. The summed E-state index contributed by atoms with van der Waals surface area (Å²) in [4.78, 5) is 2.32. The number of rotatable bonds is 5. The van der Waals surface area contributed by atoms with Gasteiger partial charge in [0.15, 0.2) is 0 Å². The van der Waals surface area contributed by atoms with Crippen LogP contribution in [0, 0.1) is 5.92 Å². The molecule has 2 rings (SSSR count). The largest absolute Gasteiger partial charge is 0.433 e. The van der Waals surface area contributed by atoms with Crippen LogP contribution < -0.4 is 10.1 Å². The van der Waals surface area contributed by atoms with Gasteiger partial charge < -0.3 is 15.0 Å². The van der Waals surface area contributed by atoms with E-state index >= 15 is 0 Å². The molecule has 0 bridgehead atoms. The number of benzene rings is 1. The van der Waals surface area contributed by atoms with Crippen molar-refractivity contribution < 1.29 is 13.5 Å². The number of nitrogens with zero attached hydrogens (tertiary/aromatic N) is 1. The third-order valence-electron chi connectivity index (χ3n) is 3.46. The fourth-order valence-electron chi connectivity index (χ4n) is 2.50. The van der Waals surface area contributed by atoms with Crippen molar-refractivity contribution in [3.05, 3.63) is 23.2 Å². The summed E-state index contributed by atoms with van der Waals surface area (Å²) in [6.07, 6.45) is 2.42. The molecule has 20 heavy (non-hydrogen) atoms. The summed E-state index contributed by atoms with van der Waals surface area (Å²) in [5.41, 5.74) is 0.824. The lowest BCUT2D eigenvalue weighted by atomic mass is 9.98. The van der Waals surface area contributed by atoms with Gasteiger partial charge in [0.05, 0.1) is 5.02 Å². The van der Waals surface area contributed by atoms with Crippen LogP contribution in [0.25, 0.3) is 0 Å². The van der Waals surface area contributed by atoms with Crippen molar-refractivity contribution in [2.75, 3.05) is 32.0 Å². The maximum Gasteiger partial charge on any atom is 0.387 e. The van der Waals surface area contributed by atoms with Crippen molar-refractivity contribution in [2.24, 2.45) is 5.92 Å². The molecule has 1 aromatic carbocycles. The highest BCUT2D eigenvalue weighted by Gasteiger charge is 2.17. The van der Waals surface area contributed by atoms with Gasteiger partial charge in [-0.2, -0.15) is 8.78 Å². The second-order valence-electron chi connectivity index (χ2n) is 5.18. The maximum absolute atomic E-state index is 12.1. The van der Waals surface area contributed by atoms with Gasteiger partial charge in [0.2, 0.25) is 0 Å². The molecule has 6 heteroatoms. The normalized spacial score (nSPS) is 20.1. The van der Waals surface area contributed by atoms with Crippen LogP contribution in [0.5, 0.6) is 5.75 Å². The Morgan fingerprint density at radius 2 is 2.30 bits per heavy atom. The number of hydrogen-bond donors (Lipinski definition) is 1. The lowest BCUT2D eigenvalue weighted by Crippen LogP contribution is -2.35. The van der Waals surface area contributed by atoms with Crippen LogP contribution in [0.4, 0.5) is 14.5 Å². The third-order valence-corrected chi connectivity index (χ3v) is 3.76. The summed E-state index contributed by atoms with van der Waals surface area (Å²) >= 11 is 5.91. The predicted molar refractivity (Wildman–Crippen MR) is 76.8 cm³/mol. The first kappa shape index (κ1) is 15.3. The highest BCUT2D eigenvalue weighted by Crippen LogP contribution is 2.29. The Morgan fingerprint density at radius 3 is 2.95 bits per heavy atom. The van der Waals surface area contributed by atoms with Crippen molar-refractivity contribution in [1.82, 2.24) is 4.90 Å². The Kier molecular flexibility index (Phi) is 5.43. The van der Waals surface area contributed by atoms with Crippen molar-refractivity contribution >= 4 is 17.3 Å². The first-order valence-electron chi connectivity index (χ1n) is 6.71. The molecule has 0 aliphatic carbocycles. The molecule has 1 aliphatic heterocycles. The van der Waals surface area contributed by atoms with E-state index in [1.807, 2.05) is 0 Å². The Labute approximate surface area is 122 Å². The van der Waals surface area contributed by atoms with Gasteiger partial charge in [0.1, 0.15) is 5.75 Å². The fraction of sp³-hybridized carbons (Fsp3) is 0.571. The SMILES string of the molecule is CN1CCCC(CNc2ccc(OC(F)F)c(Cl)c2)C1. The summed E-state index contributed by atoms with van der Waals surface area (Å²) in [7, 11) is 2.12. The minimum absolute atomic E-state index is 0.00427. The first-order valence-corrected chi connectivity index (χ1v) is 7.09. The van der Waals surface area contributed by atoms with Crippen LogP contribution in [0.2, 0.25) is 5.02 Å². The molecule has 1 N–H and O–H groups in total. The number of anilines is 1. The third kappa shape index (κ3) is 4.49. The van der Waals surface area contributed by atoms with E-state index in [0.717, 1.165) is 25.3 Å². The molecule has 1 atom stereocenters. The molecule has 1 fully saturated rings. The van der Waals surface area contributed by atoms with E-state index in [9.17, 15) is 8.78 Å². The Bertz CT molecular complexity index is 445. The summed E-state index contributed by atoms with van der Waals surface area (Å²) < 4.78 is 28.6. The number of likely N-dealkylation sites (tertiary alicyclic amines) is 1. The molecule has 0 spiro atoms. The maximum atomic E-state index is 12.1. The van der Waals surface area contributed by atoms with Crippen LogP contribution in [0.3, 0.4) is 0 Å². The van der Waals surface area contributed by atoms with Crippen molar-refractivity contribution in [3.8, 4) is 5.75 Å². The number of halogens is 3. The number of piperidine rings is 1. The van der Waals surface area contributed by atoms with E-state index in [1.165, 1.54) is 18.9 Å². The van der Waals surface area contributed by atoms with Crippen LogP contribution in [0.15, 0.2) is 18.2 Å². The topological polar surface area (TPSA) is 24.5 Å². The van der Waals surface area contributed by atoms with Crippen LogP contribution in [-0.4, -0.2) is 38.2 Å². The van der Waals surface area contributed by atoms with E-state index in [2.05, 4.69) is 22.0 Å². The molecule has 0 aromatic heterocycles. The lowest BCUT2D eigenvalue weighted by Gasteiger charge is -2.30. The van der Waals surface area contributed by atoms with Crippen molar-refractivity contribution in [1.29, 1.82) is 0 Å². The summed E-state index contributed by atoms with van der Waals surface area (Å²) in [5.74, 6) is 0.606. The second-order valence-corrected chi connectivity index (χ2v) is 5.58. The zero-order chi connectivity index (χ0) is 14.5. The summed E-state index contributed by atoms with van der Waals surface area (Å²) in [5, 5.41) is 3.49. The molecule has 0 saturated carbocycles. The summed E-state index contributed by atoms with van der Waals surface area (Å²) in [6.45, 7) is 0.231. The number of hydrogen-bond acceptors (Lipinski definition) is 3. The highest BCUT2D eigenvalue weighted by atomic mass is 35.5. The molecule has 1 aliphatic rings.